The van der Waals surface area contributed by atoms with Crippen molar-refractivity contribution in [2.24, 2.45) is 0 Å². The van der Waals surface area contributed by atoms with Gasteiger partial charge >= 0.3 is 5.97 Å². The normalized spacial score (nSPS) is 10.2. The van der Waals surface area contributed by atoms with E-state index in [1.807, 2.05) is 0 Å². The summed E-state index contributed by atoms with van der Waals surface area (Å²) in [6, 6.07) is 9.64. The highest BCUT2D eigenvalue weighted by molar-refractivity contribution is 6.00. The van der Waals surface area contributed by atoms with Gasteiger partial charge in [-0.3, -0.25) is 9.59 Å². The lowest BCUT2D eigenvalue weighted by atomic mass is 10.1. The number of anilines is 1. The minimum atomic E-state index is -0.820. The van der Waals surface area contributed by atoms with Gasteiger partial charge in [-0.15, -0.1) is 0 Å². The summed E-state index contributed by atoms with van der Waals surface area (Å²) in [7, 11) is 0. The summed E-state index contributed by atoms with van der Waals surface area (Å²) in [6.45, 7) is 0.516. The number of hydrogen-bond donors (Lipinski definition) is 2. The fourth-order valence-electron chi connectivity index (χ4n) is 2.06. The van der Waals surface area contributed by atoms with E-state index < -0.39 is 24.2 Å². The fraction of sp³-hybridized carbons (Fsp3) is 0.167. The van der Waals surface area contributed by atoms with Crippen LogP contribution in [0, 0.1) is 5.82 Å². The van der Waals surface area contributed by atoms with Crippen LogP contribution < -0.4 is 5.32 Å². The van der Waals surface area contributed by atoms with Gasteiger partial charge in [-0.1, -0.05) is 12.1 Å². The van der Waals surface area contributed by atoms with Gasteiger partial charge in [-0.25, -0.2) is 9.18 Å². The maximum atomic E-state index is 13.9. The third-order valence-electron chi connectivity index (χ3n) is 3.30. The molecular formula is C18H16FNO5. The molecule has 1 amide bonds. The van der Waals surface area contributed by atoms with Crippen LogP contribution in [0.25, 0.3) is 0 Å². The van der Waals surface area contributed by atoms with E-state index in [4.69, 9.17) is 9.84 Å². The van der Waals surface area contributed by atoms with E-state index in [9.17, 15) is 18.8 Å². The lowest BCUT2D eigenvalue weighted by Crippen LogP contribution is -2.16. The summed E-state index contributed by atoms with van der Waals surface area (Å²) in [4.78, 5) is 34.8. The second-order valence-corrected chi connectivity index (χ2v) is 5.23. The molecule has 2 N–H and O–H groups in total. The van der Waals surface area contributed by atoms with E-state index in [1.54, 1.807) is 12.1 Å². The number of halogens is 1. The molecule has 0 aliphatic heterocycles. The van der Waals surface area contributed by atoms with Gasteiger partial charge in [0, 0.05) is 12.6 Å². The van der Waals surface area contributed by atoms with Gasteiger partial charge in [-0.05, 0) is 35.9 Å². The molecule has 0 heterocycles. The van der Waals surface area contributed by atoms with Crippen molar-refractivity contribution in [3.63, 3.8) is 0 Å². The van der Waals surface area contributed by atoms with Crippen LogP contribution in [0.2, 0.25) is 0 Å². The minimum absolute atomic E-state index is 0.151. The molecule has 7 heteroatoms. The number of carbonyl (C=O) groups excluding carboxylic acids is 3. The van der Waals surface area contributed by atoms with Crippen molar-refractivity contribution in [1.29, 1.82) is 0 Å². The fourth-order valence-corrected chi connectivity index (χ4v) is 2.06. The average Bonchev–Trinajstić information content (AvgIpc) is 2.59. The van der Waals surface area contributed by atoms with E-state index in [0.717, 1.165) is 6.07 Å². The van der Waals surface area contributed by atoms with Crippen molar-refractivity contribution < 1.29 is 28.6 Å². The molecule has 25 heavy (non-hydrogen) atoms. The SMILES string of the molecule is CC(=O)Nc1ccc(C(=O)COC(=O)c2ccc(CO)cc2)c(F)c1. The Labute approximate surface area is 143 Å². The first kappa shape index (κ1) is 18.3. The first-order chi connectivity index (χ1) is 11.9. The molecule has 130 valence electrons. The van der Waals surface area contributed by atoms with Gasteiger partial charge in [0.2, 0.25) is 11.7 Å². The Morgan fingerprint density at radius 1 is 1.12 bits per heavy atom. The Bertz CT molecular complexity index is 802. The molecule has 2 rings (SSSR count). The number of aliphatic hydroxyl groups is 1. The molecule has 2 aromatic rings. The summed E-state index contributed by atoms with van der Waals surface area (Å²) in [6.07, 6.45) is 0. The summed E-state index contributed by atoms with van der Waals surface area (Å²) in [5.41, 5.74) is 0.834. The number of Topliss-reactive ketones (excluding diaryl/α,β-unsaturated/α-hetero) is 1. The van der Waals surface area contributed by atoms with Crippen molar-refractivity contribution in [2.45, 2.75) is 13.5 Å². The Kier molecular flexibility index (Phi) is 5.97. The number of carbonyl (C=O) groups is 3. The summed E-state index contributed by atoms with van der Waals surface area (Å²) in [5.74, 6) is -2.61. The minimum Gasteiger partial charge on any atom is -0.454 e. The van der Waals surface area contributed by atoms with E-state index in [-0.39, 0.29) is 29.3 Å². The predicted octanol–water partition coefficient (Wildman–Crippen LogP) is 2.32. The zero-order chi connectivity index (χ0) is 18.4. The van der Waals surface area contributed by atoms with Gasteiger partial charge in [-0.2, -0.15) is 0 Å². The number of hydrogen-bond acceptors (Lipinski definition) is 5. The first-order valence-corrected chi connectivity index (χ1v) is 7.38. The van der Waals surface area contributed by atoms with Crippen molar-refractivity contribution in [3.8, 4) is 0 Å². The van der Waals surface area contributed by atoms with Crippen molar-refractivity contribution in [1.82, 2.24) is 0 Å². The van der Waals surface area contributed by atoms with Crippen molar-refractivity contribution in [2.75, 3.05) is 11.9 Å². The Balaban J connectivity index is 1.99. The summed E-state index contributed by atoms with van der Waals surface area (Å²) >= 11 is 0. The standard InChI is InChI=1S/C18H16FNO5/c1-11(22)20-14-6-7-15(16(19)8-14)17(23)10-25-18(24)13-4-2-12(9-21)3-5-13/h2-8,21H,9-10H2,1H3,(H,20,22). The van der Waals surface area contributed by atoms with E-state index in [0.29, 0.717) is 5.56 Å². The third kappa shape index (κ3) is 4.95. The van der Waals surface area contributed by atoms with Gasteiger partial charge < -0.3 is 15.2 Å². The molecule has 0 spiro atoms. The van der Waals surface area contributed by atoms with Crippen LogP contribution in [-0.2, 0) is 16.1 Å². The van der Waals surface area contributed by atoms with Gasteiger partial charge in [0.05, 0.1) is 17.7 Å². The molecular weight excluding hydrogens is 329 g/mol. The number of ketones is 1. The molecule has 0 saturated heterocycles. The maximum absolute atomic E-state index is 13.9. The molecule has 0 atom stereocenters. The molecule has 0 fully saturated rings. The second kappa shape index (κ2) is 8.16. The van der Waals surface area contributed by atoms with Crippen LogP contribution in [0.3, 0.4) is 0 Å². The van der Waals surface area contributed by atoms with Crippen LogP contribution in [0.5, 0.6) is 0 Å². The van der Waals surface area contributed by atoms with Gasteiger partial charge in [0.15, 0.2) is 6.61 Å². The van der Waals surface area contributed by atoms with Crippen LogP contribution in [0.1, 0.15) is 33.2 Å². The summed E-state index contributed by atoms with van der Waals surface area (Å²) in [5, 5.41) is 11.3. The van der Waals surface area contributed by atoms with Crippen LogP contribution in [0.15, 0.2) is 42.5 Å². The molecule has 2 aromatic carbocycles. The zero-order valence-corrected chi connectivity index (χ0v) is 13.4. The van der Waals surface area contributed by atoms with Crippen molar-refractivity contribution in [3.05, 3.63) is 65.0 Å². The van der Waals surface area contributed by atoms with Gasteiger partial charge in [0.1, 0.15) is 5.82 Å². The van der Waals surface area contributed by atoms with E-state index in [1.165, 1.54) is 31.2 Å². The largest absolute Gasteiger partial charge is 0.454 e. The highest BCUT2D eigenvalue weighted by atomic mass is 19.1. The van der Waals surface area contributed by atoms with Crippen LogP contribution in [-0.4, -0.2) is 29.4 Å². The van der Waals surface area contributed by atoms with Crippen LogP contribution >= 0.6 is 0 Å². The number of ether oxygens (including phenoxy) is 1. The third-order valence-corrected chi connectivity index (χ3v) is 3.30. The topological polar surface area (TPSA) is 92.7 Å². The molecule has 0 bridgehead atoms. The molecule has 0 aliphatic rings. The summed E-state index contributed by atoms with van der Waals surface area (Å²) < 4.78 is 18.8. The number of esters is 1. The number of aliphatic hydroxyl groups excluding tert-OH is 1. The Morgan fingerprint density at radius 2 is 1.80 bits per heavy atom. The number of amides is 1. The molecule has 0 aromatic heterocycles. The van der Waals surface area contributed by atoms with E-state index in [2.05, 4.69) is 5.32 Å². The maximum Gasteiger partial charge on any atom is 0.338 e. The zero-order valence-electron chi connectivity index (χ0n) is 13.4. The quantitative estimate of drug-likeness (QED) is 0.619. The number of rotatable bonds is 6. The molecule has 0 saturated carbocycles. The van der Waals surface area contributed by atoms with Gasteiger partial charge in [0.25, 0.3) is 0 Å². The number of benzene rings is 2. The molecule has 0 aliphatic carbocycles. The Morgan fingerprint density at radius 3 is 2.36 bits per heavy atom. The number of nitrogens with one attached hydrogen (secondary N) is 1. The average molecular weight is 345 g/mol. The smallest absolute Gasteiger partial charge is 0.338 e. The molecule has 0 unspecified atom stereocenters. The van der Waals surface area contributed by atoms with E-state index >= 15 is 0 Å². The Hall–Kier alpha value is -3.06. The lowest BCUT2D eigenvalue weighted by Gasteiger charge is -2.07. The van der Waals surface area contributed by atoms with Crippen LogP contribution in [0.4, 0.5) is 10.1 Å². The monoisotopic (exact) mass is 345 g/mol. The predicted molar refractivity (Wildman–Crippen MR) is 87.7 cm³/mol. The highest BCUT2D eigenvalue weighted by Crippen LogP contribution is 2.15. The second-order valence-electron chi connectivity index (χ2n) is 5.23. The van der Waals surface area contributed by atoms with Crippen molar-refractivity contribution >= 4 is 23.3 Å². The molecule has 0 radical (unpaired) electrons. The highest BCUT2D eigenvalue weighted by Gasteiger charge is 2.16. The lowest BCUT2D eigenvalue weighted by molar-refractivity contribution is -0.114. The first-order valence-electron chi connectivity index (χ1n) is 7.38. The molecule has 6 nitrogen and oxygen atoms in total.